The summed E-state index contributed by atoms with van der Waals surface area (Å²) in [6.45, 7) is 5.86. The van der Waals surface area contributed by atoms with Gasteiger partial charge in [0.05, 0.1) is 42.7 Å². The summed E-state index contributed by atoms with van der Waals surface area (Å²) in [4.78, 5) is 28.3. The second-order valence-corrected chi connectivity index (χ2v) is 12.0. The quantitative estimate of drug-likeness (QED) is 0.175. The minimum atomic E-state index is -0.870. The van der Waals surface area contributed by atoms with E-state index in [9.17, 15) is 14.7 Å². The first-order chi connectivity index (χ1) is 22.8. The number of fused-ring (bicyclic) bond motifs is 1. The van der Waals surface area contributed by atoms with Crippen LogP contribution in [0.3, 0.4) is 0 Å². The number of amides is 1. The van der Waals surface area contributed by atoms with Crippen molar-refractivity contribution in [1.82, 2.24) is 14.9 Å². The third kappa shape index (κ3) is 7.28. The molecule has 2 heterocycles. The Balaban J connectivity index is 1.24. The van der Waals surface area contributed by atoms with E-state index in [1.54, 1.807) is 6.92 Å². The number of rotatable bonds is 10. The van der Waals surface area contributed by atoms with E-state index in [0.717, 1.165) is 44.4 Å². The summed E-state index contributed by atoms with van der Waals surface area (Å²) < 4.78 is 20.5. The maximum Gasteiger partial charge on any atom is 0.303 e. The van der Waals surface area contributed by atoms with Gasteiger partial charge in [-0.15, -0.1) is 0 Å². The standard InChI is InChI=1S/C38H39N3O6/c1-24-35(21-41-23-40-33-10-6-7-11-34(33)41)46-38(47-36(24)29-14-12-27(22-42)13-15-29)30-18-16-28(17-19-30)32-9-5-4-8-31(32)20-39-37(44)25(2)45-26(3)43/h4-19,23-25,35-36,38,42H,20-22H2,1-3H3,(H,39,44). The number of ether oxygens (including phenoxy) is 3. The van der Waals surface area contributed by atoms with Crippen molar-refractivity contribution in [3.05, 3.63) is 126 Å². The molecule has 1 aliphatic rings. The van der Waals surface area contributed by atoms with E-state index >= 15 is 0 Å². The van der Waals surface area contributed by atoms with Crippen LogP contribution in [0.15, 0.2) is 103 Å². The molecule has 1 amide bonds. The van der Waals surface area contributed by atoms with E-state index in [2.05, 4.69) is 27.9 Å². The molecule has 2 N–H and O–H groups in total. The number of para-hydroxylation sites is 2. The predicted octanol–water partition coefficient (Wildman–Crippen LogP) is 6.26. The third-order valence-electron chi connectivity index (χ3n) is 8.70. The van der Waals surface area contributed by atoms with Gasteiger partial charge >= 0.3 is 5.97 Å². The fourth-order valence-corrected chi connectivity index (χ4v) is 6.08. The van der Waals surface area contributed by atoms with Gasteiger partial charge in [-0.05, 0) is 46.9 Å². The van der Waals surface area contributed by atoms with Crippen LogP contribution in [-0.2, 0) is 43.5 Å². The van der Waals surface area contributed by atoms with Crippen LogP contribution >= 0.6 is 0 Å². The summed E-state index contributed by atoms with van der Waals surface area (Å²) in [5.41, 5.74) is 7.64. The zero-order valence-corrected chi connectivity index (χ0v) is 26.7. The Kier molecular flexibility index (Phi) is 9.77. The van der Waals surface area contributed by atoms with Crippen molar-refractivity contribution in [2.24, 2.45) is 5.92 Å². The Morgan fingerprint density at radius 1 is 0.936 bits per heavy atom. The van der Waals surface area contributed by atoms with Crippen LogP contribution in [0.2, 0.25) is 0 Å². The summed E-state index contributed by atoms with van der Waals surface area (Å²) in [6, 6.07) is 31.9. The van der Waals surface area contributed by atoms with Crippen LogP contribution < -0.4 is 5.32 Å². The molecule has 0 spiro atoms. The summed E-state index contributed by atoms with van der Waals surface area (Å²) in [5.74, 6) is -0.830. The molecule has 4 aromatic carbocycles. The van der Waals surface area contributed by atoms with Crippen LogP contribution in [0.5, 0.6) is 0 Å². The van der Waals surface area contributed by atoms with Gasteiger partial charge in [0.15, 0.2) is 12.4 Å². The lowest BCUT2D eigenvalue weighted by atomic mass is 9.90. The number of imidazole rings is 1. The SMILES string of the molecule is CC(=O)OC(C)C(=O)NCc1ccccc1-c1ccc(C2OC(Cn3cnc4ccccc43)C(C)C(c3ccc(CO)cc3)O2)cc1. The van der Waals surface area contributed by atoms with Crippen molar-refractivity contribution in [2.45, 2.75) is 65.1 Å². The van der Waals surface area contributed by atoms with Crippen LogP contribution in [0.25, 0.3) is 22.2 Å². The number of aromatic nitrogens is 2. The summed E-state index contributed by atoms with van der Waals surface area (Å²) in [5, 5.41) is 12.5. The Hall–Kier alpha value is -4.83. The number of hydrogen-bond acceptors (Lipinski definition) is 7. The Bertz CT molecular complexity index is 1830. The number of esters is 1. The van der Waals surface area contributed by atoms with Crippen LogP contribution in [-0.4, -0.2) is 38.7 Å². The van der Waals surface area contributed by atoms with Gasteiger partial charge in [-0.1, -0.05) is 91.9 Å². The summed E-state index contributed by atoms with van der Waals surface area (Å²) in [6.07, 6.45) is -0.0289. The summed E-state index contributed by atoms with van der Waals surface area (Å²) >= 11 is 0. The second kappa shape index (κ2) is 14.3. The number of carbonyl (C=O) groups is 2. The van der Waals surface area contributed by atoms with E-state index in [0.29, 0.717) is 6.54 Å². The van der Waals surface area contributed by atoms with Gasteiger partial charge < -0.3 is 29.2 Å². The van der Waals surface area contributed by atoms with Crippen molar-refractivity contribution >= 4 is 22.9 Å². The first-order valence-electron chi connectivity index (χ1n) is 15.8. The molecule has 0 saturated carbocycles. The van der Waals surface area contributed by atoms with Crippen LogP contribution in [0, 0.1) is 5.92 Å². The highest BCUT2D eigenvalue weighted by Gasteiger charge is 2.38. The maximum atomic E-state index is 12.5. The maximum absolute atomic E-state index is 12.5. The van der Waals surface area contributed by atoms with E-state index in [-0.39, 0.29) is 37.2 Å². The lowest BCUT2D eigenvalue weighted by Crippen LogP contribution is -2.39. The molecule has 0 bridgehead atoms. The number of aliphatic hydroxyl groups excluding tert-OH is 1. The number of nitrogens with zero attached hydrogens (tertiary/aromatic N) is 2. The Morgan fingerprint density at radius 3 is 2.38 bits per heavy atom. The molecule has 47 heavy (non-hydrogen) atoms. The first kappa shape index (κ1) is 32.1. The molecule has 9 nitrogen and oxygen atoms in total. The number of hydrogen-bond donors (Lipinski definition) is 2. The van der Waals surface area contributed by atoms with Gasteiger partial charge in [-0.25, -0.2) is 4.98 Å². The smallest absolute Gasteiger partial charge is 0.303 e. The minimum Gasteiger partial charge on any atom is -0.453 e. The monoisotopic (exact) mass is 633 g/mol. The molecule has 5 atom stereocenters. The molecule has 5 aromatic rings. The van der Waals surface area contributed by atoms with Crippen molar-refractivity contribution in [1.29, 1.82) is 0 Å². The predicted molar refractivity (Wildman–Crippen MR) is 178 cm³/mol. The van der Waals surface area contributed by atoms with Crippen molar-refractivity contribution in [3.8, 4) is 11.1 Å². The highest BCUT2D eigenvalue weighted by Crippen LogP contribution is 2.42. The lowest BCUT2D eigenvalue weighted by molar-refractivity contribution is -0.276. The molecule has 9 heteroatoms. The van der Waals surface area contributed by atoms with Gasteiger partial charge in [0.1, 0.15) is 0 Å². The van der Waals surface area contributed by atoms with Gasteiger partial charge in [-0.2, -0.15) is 0 Å². The van der Waals surface area contributed by atoms with Crippen molar-refractivity contribution in [3.63, 3.8) is 0 Å². The third-order valence-corrected chi connectivity index (χ3v) is 8.70. The minimum absolute atomic E-state index is 0.0152. The van der Waals surface area contributed by atoms with Crippen LogP contribution in [0.1, 0.15) is 55.4 Å². The van der Waals surface area contributed by atoms with E-state index in [4.69, 9.17) is 14.2 Å². The fourth-order valence-electron chi connectivity index (χ4n) is 6.08. The normalized spacial score (nSPS) is 20.1. The molecule has 1 aliphatic heterocycles. The molecule has 1 aromatic heterocycles. The highest BCUT2D eigenvalue weighted by atomic mass is 16.7. The molecule has 6 rings (SSSR count). The second-order valence-electron chi connectivity index (χ2n) is 12.0. The molecule has 1 fully saturated rings. The fraction of sp³-hybridized carbons (Fsp3) is 0.289. The largest absolute Gasteiger partial charge is 0.453 e. The molecule has 1 saturated heterocycles. The van der Waals surface area contributed by atoms with Crippen molar-refractivity contribution in [2.75, 3.05) is 0 Å². The molecule has 242 valence electrons. The number of nitrogens with one attached hydrogen (secondary N) is 1. The molecular formula is C38H39N3O6. The Morgan fingerprint density at radius 2 is 1.64 bits per heavy atom. The molecule has 0 aliphatic carbocycles. The molecular weight excluding hydrogens is 594 g/mol. The van der Waals surface area contributed by atoms with Gasteiger partial charge in [-0.3, -0.25) is 9.59 Å². The molecule has 0 radical (unpaired) electrons. The van der Waals surface area contributed by atoms with E-state index in [1.807, 2.05) is 97.3 Å². The highest BCUT2D eigenvalue weighted by molar-refractivity contribution is 5.83. The van der Waals surface area contributed by atoms with Gasteiger partial charge in [0.2, 0.25) is 0 Å². The first-order valence-corrected chi connectivity index (χ1v) is 15.8. The van der Waals surface area contributed by atoms with Gasteiger partial charge in [0, 0.05) is 24.9 Å². The topological polar surface area (TPSA) is 112 Å². The zero-order chi connectivity index (χ0) is 32.9. The van der Waals surface area contributed by atoms with Crippen LogP contribution in [0.4, 0.5) is 0 Å². The van der Waals surface area contributed by atoms with E-state index < -0.39 is 18.4 Å². The van der Waals surface area contributed by atoms with Crippen molar-refractivity contribution < 1.29 is 28.9 Å². The van der Waals surface area contributed by atoms with Gasteiger partial charge in [0.25, 0.3) is 5.91 Å². The van der Waals surface area contributed by atoms with E-state index in [1.165, 1.54) is 6.92 Å². The average Bonchev–Trinajstić information content (AvgIpc) is 3.50. The number of aliphatic hydroxyl groups is 1. The lowest BCUT2D eigenvalue weighted by Gasteiger charge is -2.41. The number of benzene rings is 4. The Labute approximate surface area is 274 Å². The number of carbonyl (C=O) groups excluding carboxylic acids is 2. The molecule has 5 unspecified atom stereocenters. The zero-order valence-electron chi connectivity index (χ0n) is 26.7. The summed E-state index contributed by atoms with van der Waals surface area (Å²) in [7, 11) is 0. The average molecular weight is 634 g/mol.